The highest BCUT2D eigenvalue weighted by Crippen LogP contribution is 2.43. The predicted octanol–water partition coefficient (Wildman–Crippen LogP) is 17.6. The molecule has 432 valence electrons. The van der Waals surface area contributed by atoms with Crippen molar-refractivity contribution in [3.8, 4) is 0 Å². The van der Waals surface area contributed by atoms with E-state index in [4.69, 9.17) is 23.3 Å². The van der Waals surface area contributed by atoms with Crippen LogP contribution in [0.5, 0.6) is 0 Å². The topological polar surface area (TPSA) is 155 Å². The largest absolute Gasteiger partial charge is 0.472 e. The zero-order valence-electron chi connectivity index (χ0n) is 47.7. The lowest BCUT2D eigenvalue weighted by molar-refractivity contribution is -0.161. The molecule has 76 heavy (non-hydrogen) atoms. The lowest BCUT2D eigenvalue weighted by atomic mass is 10.1. The quantitative estimate of drug-likeness (QED) is 0.0197. The van der Waals surface area contributed by atoms with Crippen molar-refractivity contribution in [2.24, 2.45) is 0 Å². The van der Waals surface area contributed by atoms with Crippen LogP contribution in [0.1, 0.15) is 226 Å². The van der Waals surface area contributed by atoms with E-state index < -0.39 is 57.8 Å². The number of hydrogen-bond acceptors (Lipinski definition) is 10. The molecule has 0 aliphatic carbocycles. The van der Waals surface area contributed by atoms with E-state index in [1.807, 2.05) is 18.2 Å². The second-order valence-electron chi connectivity index (χ2n) is 19.1. The van der Waals surface area contributed by atoms with Gasteiger partial charge in [0.05, 0.1) is 26.2 Å². The van der Waals surface area contributed by atoms with Gasteiger partial charge in [0.25, 0.3) is 0 Å². The number of phosphoric acid groups is 1. The first-order valence-corrected chi connectivity index (χ1v) is 30.9. The molecule has 0 spiro atoms. The van der Waals surface area contributed by atoms with Gasteiger partial charge in [-0.15, -0.1) is 0 Å². The van der Waals surface area contributed by atoms with Gasteiger partial charge >= 0.3 is 25.7 Å². The van der Waals surface area contributed by atoms with E-state index in [1.165, 1.54) is 64.2 Å². The van der Waals surface area contributed by atoms with Crippen LogP contribution < -0.4 is 0 Å². The monoisotopic (exact) mass is 1080 g/mol. The van der Waals surface area contributed by atoms with E-state index in [0.29, 0.717) is 19.3 Å². The van der Waals surface area contributed by atoms with Gasteiger partial charge in [0.2, 0.25) is 0 Å². The highest BCUT2D eigenvalue weighted by atomic mass is 31.2. The number of carbonyl (C=O) groups excluding carboxylic acids is 3. The van der Waals surface area contributed by atoms with E-state index in [0.717, 1.165) is 103 Å². The molecule has 3 atom stereocenters. The molecule has 0 aliphatic rings. The van der Waals surface area contributed by atoms with Crippen LogP contribution >= 0.6 is 7.82 Å². The highest BCUT2D eigenvalue weighted by molar-refractivity contribution is 7.47. The Balaban J connectivity index is 4.86. The molecule has 0 aromatic carbocycles. The Morgan fingerprint density at radius 3 is 1.17 bits per heavy atom. The zero-order chi connectivity index (χ0) is 55.5. The lowest BCUT2D eigenvalue weighted by Gasteiger charge is -2.21. The summed E-state index contributed by atoms with van der Waals surface area (Å²) in [6.07, 6.45) is 70.4. The van der Waals surface area contributed by atoms with Crippen LogP contribution in [0, 0.1) is 0 Å². The molecule has 0 aromatic rings. The van der Waals surface area contributed by atoms with Gasteiger partial charge in [0, 0.05) is 12.8 Å². The van der Waals surface area contributed by atoms with Crippen molar-refractivity contribution in [3.63, 3.8) is 0 Å². The molecule has 3 unspecified atom stereocenters. The molecular weight excluding hydrogens is 976 g/mol. The molecular formula is C64H105O11P. The third kappa shape index (κ3) is 54.7. The zero-order valence-corrected chi connectivity index (χ0v) is 48.6. The van der Waals surface area contributed by atoms with Crippen molar-refractivity contribution < 1.29 is 52.2 Å². The molecule has 0 fully saturated rings. The van der Waals surface area contributed by atoms with Crippen LogP contribution in [0.2, 0.25) is 0 Å². The first-order chi connectivity index (χ1) is 37.2. The molecule has 0 aromatic heterocycles. The number of aliphatic hydroxyl groups is 1. The predicted molar refractivity (Wildman–Crippen MR) is 316 cm³/mol. The summed E-state index contributed by atoms with van der Waals surface area (Å²) < 4.78 is 39.4. The van der Waals surface area contributed by atoms with Crippen LogP contribution in [-0.4, -0.2) is 66.5 Å². The van der Waals surface area contributed by atoms with Crippen molar-refractivity contribution >= 4 is 25.7 Å². The average molecular weight is 1080 g/mol. The molecule has 0 saturated carbocycles. The van der Waals surface area contributed by atoms with E-state index in [9.17, 15) is 28.9 Å². The standard InChI is InChI=1S/C64H105O11P/c1-4-7-10-13-16-19-22-25-28-30-33-35-38-41-44-47-50-53-62(66)71-57-61(75-64(68)55-52-49-46-43-40-37-34-31-29-26-23-20-17-14-11-8-5-2)59-73-76(69,70)72-58-60(56-65)74-63(67)54-51-48-45-42-39-36-32-27-24-21-18-15-12-9-6-3/h8-9,11-12,17-18,20-21,25-29,32,34,37,39,42,48,51,60-61,65H,4-7,10,13-16,19,22-24,30-31,33,35-36,38,40-41,43-47,49-50,52-59H2,1-3H3,(H,69,70)/b11-8-,12-9-,20-17-,21-18-,28-25-,29-26-,32-27-,37-34-,42-39-,51-48-. The second-order valence-corrected chi connectivity index (χ2v) is 20.5. The minimum atomic E-state index is -4.79. The third-order valence-electron chi connectivity index (χ3n) is 11.9. The van der Waals surface area contributed by atoms with Crippen molar-refractivity contribution in [2.45, 2.75) is 238 Å². The summed E-state index contributed by atoms with van der Waals surface area (Å²) in [5, 5.41) is 9.80. The van der Waals surface area contributed by atoms with Crippen molar-refractivity contribution in [3.05, 3.63) is 122 Å². The highest BCUT2D eigenvalue weighted by Gasteiger charge is 2.28. The fraction of sp³-hybridized carbons (Fsp3) is 0.641. The Morgan fingerprint density at radius 1 is 0.395 bits per heavy atom. The minimum absolute atomic E-state index is 0.0627. The van der Waals surface area contributed by atoms with Gasteiger partial charge in [-0.05, 0) is 109 Å². The summed E-state index contributed by atoms with van der Waals surface area (Å²) in [6, 6.07) is 0. The minimum Gasteiger partial charge on any atom is -0.462 e. The van der Waals surface area contributed by atoms with E-state index in [2.05, 4.69) is 118 Å². The van der Waals surface area contributed by atoms with Gasteiger partial charge < -0.3 is 24.2 Å². The number of unbranched alkanes of at least 4 members (excludes halogenated alkanes) is 17. The van der Waals surface area contributed by atoms with Crippen molar-refractivity contribution in [1.29, 1.82) is 0 Å². The Bertz CT molecular complexity index is 1740. The number of hydrogen-bond donors (Lipinski definition) is 2. The van der Waals surface area contributed by atoms with Crippen LogP contribution in [-0.2, 0) is 42.2 Å². The van der Waals surface area contributed by atoms with Crippen LogP contribution in [0.3, 0.4) is 0 Å². The first-order valence-electron chi connectivity index (χ1n) is 29.4. The van der Waals surface area contributed by atoms with Gasteiger partial charge in [-0.2, -0.15) is 0 Å². The molecule has 0 amide bonds. The summed E-state index contributed by atoms with van der Waals surface area (Å²) in [7, 11) is -4.79. The van der Waals surface area contributed by atoms with Gasteiger partial charge in [0.15, 0.2) is 6.10 Å². The fourth-order valence-electron chi connectivity index (χ4n) is 7.48. The Labute approximate surface area is 462 Å². The maximum Gasteiger partial charge on any atom is 0.472 e. The summed E-state index contributed by atoms with van der Waals surface area (Å²) in [5.74, 6) is -1.64. The number of ether oxygens (including phenoxy) is 3. The first kappa shape index (κ1) is 71.9. The van der Waals surface area contributed by atoms with Gasteiger partial charge in [-0.3, -0.25) is 23.4 Å². The molecule has 0 bridgehead atoms. The lowest BCUT2D eigenvalue weighted by Crippen LogP contribution is -2.30. The van der Waals surface area contributed by atoms with Crippen LogP contribution in [0.15, 0.2) is 122 Å². The van der Waals surface area contributed by atoms with Gasteiger partial charge in [-0.1, -0.05) is 219 Å². The summed E-state index contributed by atoms with van der Waals surface area (Å²) >= 11 is 0. The fourth-order valence-corrected chi connectivity index (χ4v) is 8.26. The van der Waals surface area contributed by atoms with E-state index in [1.54, 1.807) is 6.08 Å². The molecule has 0 aliphatic heterocycles. The molecule has 0 rings (SSSR count). The van der Waals surface area contributed by atoms with Crippen LogP contribution in [0.4, 0.5) is 0 Å². The number of allylic oxidation sites excluding steroid dienone is 19. The molecule has 2 N–H and O–H groups in total. The summed E-state index contributed by atoms with van der Waals surface area (Å²) in [5.41, 5.74) is 0. The normalized spacial score (nSPS) is 14.2. The number of carbonyl (C=O) groups is 3. The summed E-state index contributed by atoms with van der Waals surface area (Å²) in [6.45, 7) is 4.26. The molecule has 11 nitrogen and oxygen atoms in total. The maximum atomic E-state index is 12.9. The van der Waals surface area contributed by atoms with Gasteiger partial charge in [-0.25, -0.2) is 4.57 Å². The Hall–Kier alpha value is -4.12. The Morgan fingerprint density at radius 2 is 0.737 bits per heavy atom. The van der Waals surface area contributed by atoms with E-state index in [-0.39, 0.29) is 25.9 Å². The van der Waals surface area contributed by atoms with Crippen molar-refractivity contribution in [2.75, 3.05) is 26.4 Å². The van der Waals surface area contributed by atoms with Crippen LogP contribution in [0.25, 0.3) is 0 Å². The van der Waals surface area contributed by atoms with Gasteiger partial charge in [0.1, 0.15) is 12.7 Å². The number of aliphatic hydroxyl groups excluding tert-OH is 1. The molecule has 0 saturated heterocycles. The Kier molecular flexibility index (Phi) is 54.0. The van der Waals surface area contributed by atoms with E-state index >= 15 is 0 Å². The molecule has 12 heteroatoms. The molecule has 0 heterocycles. The summed E-state index contributed by atoms with van der Waals surface area (Å²) in [4.78, 5) is 48.5. The number of rotatable bonds is 53. The average Bonchev–Trinajstić information content (AvgIpc) is 3.41. The van der Waals surface area contributed by atoms with Crippen molar-refractivity contribution in [1.82, 2.24) is 0 Å². The maximum absolute atomic E-state index is 12.9. The number of phosphoric ester groups is 1. The third-order valence-corrected chi connectivity index (χ3v) is 12.8. The molecule has 0 radical (unpaired) electrons. The SMILES string of the molecule is CC/C=C\C/C=C\C/C=C\C/C=C\C/C=C\CC(=O)OC(CO)COP(=O)(O)OCC(COC(=O)CCCCCCCCC/C=C\CCCCCCCC)OC(=O)CCCCCC/C=C\C/C=C\C/C=C\C/C=C\CC. The number of esters is 3. The second kappa shape index (κ2) is 57.1. The smallest absolute Gasteiger partial charge is 0.462 e.